The van der Waals surface area contributed by atoms with Crippen LogP contribution < -0.4 is 5.32 Å². The highest BCUT2D eigenvalue weighted by molar-refractivity contribution is 5.12. The van der Waals surface area contributed by atoms with E-state index in [1.165, 1.54) is 0 Å². The molecule has 84 valence electrons. The first-order valence-corrected chi connectivity index (χ1v) is 5.39. The summed E-state index contributed by atoms with van der Waals surface area (Å²) in [5.41, 5.74) is 2.18. The fourth-order valence-corrected chi connectivity index (χ4v) is 1.36. The van der Waals surface area contributed by atoms with Crippen molar-refractivity contribution in [2.45, 2.75) is 33.4 Å². The summed E-state index contributed by atoms with van der Waals surface area (Å²) < 4.78 is 0. The molecule has 3 heteroatoms. The van der Waals surface area contributed by atoms with Gasteiger partial charge >= 0.3 is 0 Å². The zero-order chi connectivity index (χ0) is 11.3. The second-order valence-electron chi connectivity index (χ2n) is 4.22. The van der Waals surface area contributed by atoms with Crippen LogP contribution in [0.4, 0.5) is 0 Å². The molecule has 0 aliphatic rings. The van der Waals surface area contributed by atoms with Gasteiger partial charge in [0.25, 0.3) is 0 Å². The maximum absolute atomic E-state index is 9.14. The zero-order valence-electron chi connectivity index (χ0n) is 9.70. The molecule has 15 heavy (non-hydrogen) atoms. The van der Waals surface area contributed by atoms with Crippen LogP contribution in [0.25, 0.3) is 0 Å². The van der Waals surface area contributed by atoms with Gasteiger partial charge in [-0.05, 0) is 24.5 Å². The number of nitrogens with one attached hydrogen (secondary N) is 1. The second kappa shape index (κ2) is 5.83. The summed E-state index contributed by atoms with van der Waals surface area (Å²) in [4.78, 5) is 4.23. The van der Waals surface area contributed by atoms with Crippen molar-refractivity contribution < 1.29 is 5.11 Å². The minimum absolute atomic E-state index is 0.159. The first-order chi connectivity index (χ1) is 7.13. The lowest BCUT2D eigenvalue weighted by atomic mass is 10.1. The monoisotopic (exact) mass is 208 g/mol. The molecule has 0 saturated heterocycles. The van der Waals surface area contributed by atoms with Gasteiger partial charge in [0.15, 0.2) is 0 Å². The van der Waals surface area contributed by atoms with E-state index in [4.69, 9.17) is 5.11 Å². The predicted octanol–water partition coefficient (Wildman–Crippen LogP) is 1.50. The quantitative estimate of drug-likeness (QED) is 0.770. The van der Waals surface area contributed by atoms with Crippen molar-refractivity contribution in [3.8, 4) is 0 Å². The van der Waals surface area contributed by atoms with Gasteiger partial charge in [-0.1, -0.05) is 19.9 Å². The first-order valence-electron chi connectivity index (χ1n) is 5.39. The van der Waals surface area contributed by atoms with Crippen LogP contribution in [-0.4, -0.2) is 22.7 Å². The lowest BCUT2D eigenvalue weighted by Crippen LogP contribution is -2.36. The second-order valence-corrected chi connectivity index (χ2v) is 4.22. The minimum Gasteiger partial charge on any atom is -0.395 e. The standard InChI is InChI=1S/C12H20N2O/c1-9(2)12(8-15)14-7-11-5-4-10(3)13-6-11/h4-6,9,12,14-15H,7-8H2,1-3H3/t12-/m1/s1. The predicted molar refractivity (Wildman–Crippen MR) is 61.5 cm³/mol. The third-order valence-electron chi connectivity index (χ3n) is 2.54. The highest BCUT2D eigenvalue weighted by atomic mass is 16.3. The molecule has 0 saturated carbocycles. The third-order valence-corrected chi connectivity index (χ3v) is 2.54. The molecule has 1 aromatic heterocycles. The van der Waals surface area contributed by atoms with Crippen molar-refractivity contribution in [3.63, 3.8) is 0 Å². The van der Waals surface area contributed by atoms with E-state index in [1.54, 1.807) is 0 Å². The van der Waals surface area contributed by atoms with Gasteiger partial charge in [0, 0.05) is 24.5 Å². The summed E-state index contributed by atoms with van der Waals surface area (Å²) in [5, 5.41) is 12.5. The van der Waals surface area contributed by atoms with E-state index in [0.717, 1.165) is 17.8 Å². The third kappa shape index (κ3) is 3.98. The normalized spacial score (nSPS) is 13.1. The number of aliphatic hydroxyl groups is 1. The van der Waals surface area contributed by atoms with E-state index >= 15 is 0 Å². The Morgan fingerprint density at radius 3 is 2.60 bits per heavy atom. The number of aromatic nitrogens is 1. The highest BCUT2D eigenvalue weighted by Gasteiger charge is 2.10. The van der Waals surface area contributed by atoms with Gasteiger partial charge in [-0.3, -0.25) is 4.98 Å². The molecule has 0 unspecified atom stereocenters. The van der Waals surface area contributed by atoms with E-state index in [2.05, 4.69) is 30.2 Å². The van der Waals surface area contributed by atoms with Crippen LogP contribution in [0.2, 0.25) is 0 Å². The van der Waals surface area contributed by atoms with Crippen LogP contribution in [0.1, 0.15) is 25.1 Å². The Balaban J connectivity index is 2.45. The zero-order valence-corrected chi connectivity index (χ0v) is 9.70. The molecule has 1 rings (SSSR count). The lowest BCUT2D eigenvalue weighted by Gasteiger charge is -2.19. The minimum atomic E-state index is 0.159. The van der Waals surface area contributed by atoms with Crippen LogP contribution in [0.5, 0.6) is 0 Å². The Labute approximate surface area is 91.5 Å². The summed E-state index contributed by atoms with van der Waals surface area (Å²) in [7, 11) is 0. The highest BCUT2D eigenvalue weighted by Crippen LogP contribution is 2.03. The number of hydrogen-bond donors (Lipinski definition) is 2. The van der Waals surface area contributed by atoms with Crippen LogP contribution >= 0.6 is 0 Å². The molecule has 1 aromatic rings. The number of pyridine rings is 1. The summed E-state index contributed by atoms with van der Waals surface area (Å²) in [6.07, 6.45) is 1.87. The largest absolute Gasteiger partial charge is 0.395 e. The Bertz CT molecular complexity index is 282. The van der Waals surface area contributed by atoms with Gasteiger partial charge in [-0.2, -0.15) is 0 Å². The number of aryl methyl sites for hydroxylation is 1. The van der Waals surface area contributed by atoms with Crippen molar-refractivity contribution in [3.05, 3.63) is 29.6 Å². The fraction of sp³-hybridized carbons (Fsp3) is 0.583. The molecule has 0 radical (unpaired) electrons. The molecule has 0 aliphatic carbocycles. The Kier molecular flexibility index (Phi) is 4.72. The van der Waals surface area contributed by atoms with Gasteiger partial charge in [-0.15, -0.1) is 0 Å². The summed E-state index contributed by atoms with van der Waals surface area (Å²) in [6.45, 7) is 7.11. The van der Waals surface area contributed by atoms with Crippen LogP contribution in [0, 0.1) is 12.8 Å². The summed E-state index contributed by atoms with van der Waals surface area (Å²) in [5.74, 6) is 0.438. The van der Waals surface area contributed by atoms with Gasteiger partial charge in [0.05, 0.1) is 6.61 Å². The van der Waals surface area contributed by atoms with Crippen molar-refractivity contribution in [1.29, 1.82) is 0 Å². The number of nitrogens with zero attached hydrogens (tertiary/aromatic N) is 1. The molecule has 0 aliphatic heterocycles. The molecule has 0 spiro atoms. The van der Waals surface area contributed by atoms with E-state index in [1.807, 2.05) is 19.2 Å². The average molecular weight is 208 g/mol. The molecule has 0 bridgehead atoms. The van der Waals surface area contributed by atoms with E-state index in [9.17, 15) is 0 Å². The lowest BCUT2D eigenvalue weighted by molar-refractivity contribution is 0.210. The van der Waals surface area contributed by atoms with E-state index < -0.39 is 0 Å². The maximum Gasteiger partial charge on any atom is 0.0587 e. The molecule has 1 atom stereocenters. The maximum atomic E-state index is 9.14. The van der Waals surface area contributed by atoms with E-state index in [-0.39, 0.29) is 12.6 Å². The van der Waals surface area contributed by atoms with E-state index in [0.29, 0.717) is 5.92 Å². The summed E-state index contributed by atoms with van der Waals surface area (Å²) in [6, 6.07) is 4.22. The molecule has 2 N–H and O–H groups in total. The Morgan fingerprint density at radius 2 is 2.13 bits per heavy atom. The van der Waals surface area contributed by atoms with Crippen molar-refractivity contribution >= 4 is 0 Å². The van der Waals surface area contributed by atoms with Gasteiger partial charge in [0.1, 0.15) is 0 Å². The van der Waals surface area contributed by atoms with Crippen molar-refractivity contribution in [2.24, 2.45) is 5.92 Å². The fourth-order valence-electron chi connectivity index (χ4n) is 1.36. The molecule has 0 aromatic carbocycles. The smallest absolute Gasteiger partial charge is 0.0587 e. The van der Waals surface area contributed by atoms with Crippen LogP contribution in [-0.2, 0) is 6.54 Å². The molecular weight excluding hydrogens is 188 g/mol. The van der Waals surface area contributed by atoms with Crippen LogP contribution in [0.15, 0.2) is 18.3 Å². The topological polar surface area (TPSA) is 45.1 Å². The molecule has 1 heterocycles. The number of hydrogen-bond acceptors (Lipinski definition) is 3. The Morgan fingerprint density at radius 1 is 1.40 bits per heavy atom. The number of aliphatic hydroxyl groups excluding tert-OH is 1. The van der Waals surface area contributed by atoms with Crippen LogP contribution in [0.3, 0.4) is 0 Å². The SMILES string of the molecule is Cc1ccc(CN[C@H](CO)C(C)C)cn1. The summed E-state index contributed by atoms with van der Waals surface area (Å²) >= 11 is 0. The molecule has 3 nitrogen and oxygen atoms in total. The van der Waals surface area contributed by atoms with Gasteiger partial charge in [-0.25, -0.2) is 0 Å². The van der Waals surface area contributed by atoms with Gasteiger partial charge in [0.2, 0.25) is 0 Å². The van der Waals surface area contributed by atoms with Gasteiger partial charge < -0.3 is 10.4 Å². The number of rotatable bonds is 5. The molecule has 0 amide bonds. The Hall–Kier alpha value is -0.930. The van der Waals surface area contributed by atoms with Crippen molar-refractivity contribution in [2.75, 3.05) is 6.61 Å². The first kappa shape index (κ1) is 12.1. The average Bonchev–Trinajstić information content (AvgIpc) is 2.21. The molecule has 0 fully saturated rings. The van der Waals surface area contributed by atoms with Crippen molar-refractivity contribution in [1.82, 2.24) is 10.3 Å². The molecular formula is C12H20N2O.